The van der Waals surface area contributed by atoms with Gasteiger partial charge >= 0.3 is 0 Å². The minimum Gasteiger partial charge on any atom is -0.473 e. The molecule has 1 atom stereocenters. The molecule has 180 valence electrons. The molecule has 10 nitrogen and oxygen atoms in total. The highest BCUT2D eigenvalue weighted by Gasteiger charge is 2.21. The lowest BCUT2D eigenvalue weighted by molar-refractivity contribution is 0.150. The standard InChI is InChI=1S/C23H16F3N9O/c1-13(10-34-12-29-32-33-34)36-21-4-2-3-17(30-21)18-5-6-19-23(31-18)35(11-28-19)20-8-14(24)7-15(22(25)26)16(20)9-27/h2-8,11-13,22H,10H2,1H3/t13-/m0/s1. The van der Waals surface area contributed by atoms with Gasteiger partial charge in [0.25, 0.3) is 6.43 Å². The first-order chi connectivity index (χ1) is 17.4. The lowest BCUT2D eigenvalue weighted by Crippen LogP contribution is -2.20. The summed E-state index contributed by atoms with van der Waals surface area (Å²) in [5.41, 5.74) is 0.441. The van der Waals surface area contributed by atoms with Crippen molar-refractivity contribution in [3.63, 3.8) is 0 Å². The van der Waals surface area contributed by atoms with E-state index in [-0.39, 0.29) is 23.0 Å². The Balaban J connectivity index is 1.51. The number of pyridine rings is 2. The Morgan fingerprint density at radius 2 is 1.92 bits per heavy atom. The van der Waals surface area contributed by atoms with Crippen LogP contribution in [-0.2, 0) is 6.54 Å². The van der Waals surface area contributed by atoms with E-state index in [2.05, 4.69) is 30.5 Å². The van der Waals surface area contributed by atoms with Gasteiger partial charge in [0, 0.05) is 11.6 Å². The molecule has 0 N–H and O–H groups in total. The SMILES string of the molecule is C[C@@H](Cn1cnnn1)Oc1cccc(-c2ccc3ncn(-c4cc(F)cc(C(F)F)c4C#N)c3n2)n1. The Hall–Kier alpha value is -4.86. The monoisotopic (exact) mass is 491 g/mol. The molecule has 1 aromatic carbocycles. The van der Waals surface area contributed by atoms with Crippen LogP contribution in [0.1, 0.15) is 24.5 Å². The number of imidazole rings is 1. The van der Waals surface area contributed by atoms with Gasteiger partial charge in [-0.1, -0.05) is 6.07 Å². The fourth-order valence-corrected chi connectivity index (χ4v) is 3.70. The van der Waals surface area contributed by atoms with Gasteiger partial charge in [-0.25, -0.2) is 32.8 Å². The van der Waals surface area contributed by atoms with Crippen LogP contribution >= 0.6 is 0 Å². The fourth-order valence-electron chi connectivity index (χ4n) is 3.70. The Morgan fingerprint density at radius 1 is 1.08 bits per heavy atom. The second-order valence-electron chi connectivity index (χ2n) is 7.78. The van der Waals surface area contributed by atoms with Gasteiger partial charge in [0.05, 0.1) is 29.2 Å². The van der Waals surface area contributed by atoms with Crippen molar-refractivity contribution in [2.45, 2.75) is 26.0 Å². The number of hydrogen-bond donors (Lipinski definition) is 0. The van der Waals surface area contributed by atoms with Gasteiger partial charge in [-0.15, -0.1) is 5.10 Å². The summed E-state index contributed by atoms with van der Waals surface area (Å²) >= 11 is 0. The number of rotatable bonds is 7. The molecule has 36 heavy (non-hydrogen) atoms. The summed E-state index contributed by atoms with van der Waals surface area (Å²) in [5.74, 6) is -0.554. The van der Waals surface area contributed by atoms with Crippen LogP contribution in [0.5, 0.6) is 5.88 Å². The molecule has 4 aromatic heterocycles. The van der Waals surface area contributed by atoms with E-state index in [1.165, 1.54) is 21.9 Å². The van der Waals surface area contributed by atoms with Gasteiger partial charge < -0.3 is 4.74 Å². The van der Waals surface area contributed by atoms with Crippen molar-refractivity contribution < 1.29 is 17.9 Å². The molecule has 0 radical (unpaired) electrons. The maximum Gasteiger partial charge on any atom is 0.265 e. The first-order valence-electron chi connectivity index (χ1n) is 10.6. The van der Waals surface area contributed by atoms with Crippen molar-refractivity contribution in [1.29, 1.82) is 5.26 Å². The van der Waals surface area contributed by atoms with Gasteiger partial charge in [0.1, 0.15) is 36.2 Å². The lowest BCUT2D eigenvalue weighted by Gasteiger charge is -2.14. The van der Waals surface area contributed by atoms with E-state index in [0.717, 1.165) is 6.07 Å². The van der Waals surface area contributed by atoms with Gasteiger partial charge in [-0.2, -0.15) is 5.26 Å². The zero-order valence-corrected chi connectivity index (χ0v) is 18.6. The maximum absolute atomic E-state index is 14.2. The summed E-state index contributed by atoms with van der Waals surface area (Å²) in [4.78, 5) is 13.3. The number of alkyl halides is 2. The fraction of sp³-hybridized carbons (Fsp3) is 0.174. The van der Waals surface area contributed by atoms with Crippen molar-refractivity contribution in [3.05, 3.63) is 72.1 Å². The molecule has 0 saturated heterocycles. The predicted molar refractivity (Wildman–Crippen MR) is 120 cm³/mol. The highest BCUT2D eigenvalue weighted by molar-refractivity contribution is 5.77. The molecule has 5 rings (SSSR count). The quantitative estimate of drug-likeness (QED) is 0.336. The number of tetrazole rings is 1. The first kappa shape index (κ1) is 22.9. The molecule has 5 aromatic rings. The third kappa shape index (κ3) is 4.43. The van der Waals surface area contributed by atoms with Crippen molar-refractivity contribution in [2.75, 3.05) is 0 Å². The second kappa shape index (κ2) is 9.41. The van der Waals surface area contributed by atoms with Gasteiger partial charge in [-0.05, 0) is 47.7 Å². The number of aromatic nitrogens is 8. The van der Waals surface area contributed by atoms with Crippen LogP contribution in [0.3, 0.4) is 0 Å². The lowest BCUT2D eigenvalue weighted by atomic mass is 10.1. The van der Waals surface area contributed by atoms with Crippen LogP contribution in [0.4, 0.5) is 13.2 Å². The molecule has 0 aliphatic rings. The Bertz CT molecular complexity index is 1580. The zero-order chi connectivity index (χ0) is 25.2. The number of halogens is 3. The minimum atomic E-state index is -3.03. The molecule has 0 amide bonds. The van der Waals surface area contributed by atoms with Crippen LogP contribution in [0.2, 0.25) is 0 Å². The second-order valence-corrected chi connectivity index (χ2v) is 7.78. The van der Waals surface area contributed by atoms with E-state index in [9.17, 15) is 18.4 Å². The van der Waals surface area contributed by atoms with Crippen LogP contribution in [0.15, 0.2) is 55.1 Å². The molecular weight excluding hydrogens is 475 g/mol. The van der Waals surface area contributed by atoms with Crippen molar-refractivity contribution in [3.8, 4) is 29.0 Å². The molecule has 0 fully saturated rings. The number of benzene rings is 1. The van der Waals surface area contributed by atoms with Gasteiger partial charge in [-0.3, -0.25) is 4.57 Å². The molecule has 0 spiro atoms. The number of nitrogens with zero attached hydrogens (tertiary/aromatic N) is 9. The van der Waals surface area contributed by atoms with E-state index < -0.39 is 17.8 Å². The largest absolute Gasteiger partial charge is 0.473 e. The molecule has 0 saturated carbocycles. The average molecular weight is 491 g/mol. The maximum atomic E-state index is 14.2. The summed E-state index contributed by atoms with van der Waals surface area (Å²) < 4.78 is 49.8. The van der Waals surface area contributed by atoms with Crippen LogP contribution < -0.4 is 4.74 Å². The number of ether oxygens (including phenoxy) is 1. The zero-order valence-electron chi connectivity index (χ0n) is 18.6. The molecule has 4 heterocycles. The van der Waals surface area contributed by atoms with E-state index in [1.54, 1.807) is 36.4 Å². The molecule has 0 bridgehead atoms. The highest BCUT2D eigenvalue weighted by atomic mass is 19.3. The Labute approximate surface area is 201 Å². The summed E-state index contributed by atoms with van der Waals surface area (Å²) in [5, 5.41) is 20.5. The van der Waals surface area contributed by atoms with Crippen molar-refractivity contribution >= 4 is 11.2 Å². The summed E-state index contributed by atoms with van der Waals surface area (Å²) in [6.45, 7) is 2.26. The highest BCUT2D eigenvalue weighted by Crippen LogP contribution is 2.30. The van der Waals surface area contributed by atoms with Crippen LogP contribution in [0.25, 0.3) is 28.2 Å². The normalized spacial score (nSPS) is 12.1. The average Bonchev–Trinajstić information content (AvgIpc) is 3.53. The summed E-state index contributed by atoms with van der Waals surface area (Å²) in [6.07, 6.45) is -0.524. The predicted octanol–water partition coefficient (Wildman–Crippen LogP) is 3.88. The topological polar surface area (TPSA) is 120 Å². The van der Waals surface area contributed by atoms with Gasteiger partial charge in [0.15, 0.2) is 5.65 Å². The Morgan fingerprint density at radius 3 is 2.67 bits per heavy atom. The molecular formula is C23H16F3N9O. The molecule has 0 unspecified atom stereocenters. The number of fused-ring (bicyclic) bond motifs is 1. The minimum absolute atomic E-state index is 0.0820. The molecule has 0 aliphatic carbocycles. The summed E-state index contributed by atoms with van der Waals surface area (Å²) in [7, 11) is 0. The molecule has 0 aliphatic heterocycles. The first-order valence-corrected chi connectivity index (χ1v) is 10.6. The van der Waals surface area contributed by atoms with E-state index in [0.29, 0.717) is 35.4 Å². The Kier molecular flexibility index (Phi) is 5.99. The van der Waals surface area contributed by atoms with E-state index in [1.807, 2.05) is 6.92 Å². The van der Waals surface area contributed by atoms with Crippen molar-refractivity contribution in [2.24, 2.45) is 0 Å². The van der Waals surface area contributed by atoms with Crippen molar-refractivity contribution in [1.82, 2.24) is 39.7 Å². The van der Waals surface area contributed by atoms with Gasteiger partial charge in [0.2, 0.25) is 5.88 Å². The smallest absolute Gasteiger partial charge is 0.265 e. The summed E-state index contributed by atoms with van der Waals surface area (Å²) in [6, 6.07) is 11.9. The number of hydrogen-bond acceptors (Lipinski definition) is 8. The van der Waals surface area contributed by atoms with E-state index >= 15 is 0 Å². The number of nitriles is 1. The van der Waals surface area contributed by atoms with E-state index in [4.69, 9.17) is 4.74 Å². The molecule has 13 heteroatoms. The van der Waals surface area contributed by atoms with Crippen LogP contribution in [-0.4, -0.2) is 45.8 Å². The third-order valence-corrected chi connectivity index (χ3v) is 5.26. The third-order valence-electron chi connectivity index (χ3n) is 5.26. The van der Waals surface area contributed by atoms with Crippen LogP contribution in [0, 0.1) is 17.1 Å².